The topological polar surface area (TPSA) is 25.5 Å². The number of dihydropyridines is 1. The van der Waals surface area contributed by atoms with E-state index in [0.29, 0.717) is 0 Å². The van der Waals surface area contributed by atoms with Crippen molar-refractivity contribution in [2.24, 2.45) is 10.9 Å². The zero-order valence-corrected chi connectivity index (χ0v) is 17.8. The highest BCUT2D eigenvalue weighted by atomic mass is 16.3. The highest BCUT2D eigenvalue weighted by Crippen LogP contribution is 2.51. The van der Waals surface area contributed by atoms with Crippen molar-refractivity contribution in [2.45, 2.75) is 6.04 Å². The van der Waals surface area contributed by atoms with Gasteiger partial charge in [0.2, 0.25) is 0 Å². The smallest absolute Gasteiger partial charge is 0.143 e. The minimum Gasteiger partial charge on any atom is -0.455 e. The normalized spacial score (nSPS) is 24.2. The van der Waals surface area contributed by atoms with Crippen LogP contribution in [-0.4, -0.2) is 12.3 Å². The molecule has 0 amide bonds. The second-order valence-electron chi connectivity index (χ2n) is 9.11. The molecule has 0 N–H and O–H groups in total. The molecule has 2 heteroatoms. The van der Waals surface area contributed by atoms with Gasteiger partial charge >= 0.3 is 0 Å². The minimum atomic E-state index is 0.104. The summed E-state index contributed by atoms with van der Waals surface area (Å²) in [6.07, 6.45) is 22.2. The van der Waals surface area contributed by atoms with Gasteiger partial charge in [-0.1, -0.05) is 78.9 Å². The minimum absolute atomic E-state index is 0.104. The highest BCUT2D eigenvalue weighted by Gasteiger charge is 2.39. The Labute approximate surface area is 191 Å². The predicted octanol–water partition coefficient (Wildman–Crippen LogP) is 7.21. The Balaban J connectivity index is 1.38. The van der Waals surface area contributed by atoms with E-state index in [9.17, 15) is 0 Å². The van der Waals surface area contributed by atoms with Crippen molar-refractivity contribution in [3.8, 4) is 0 Å². The van der Waals surface area contributed by atoms with Crippen LogP contribution < -0.4 is 0 Å². The van der Waals surface area contributed by atoms with Crippen molar-refractivity contribution in [1.29, 1.82) is 0 Å². The second-order valence-corrected chi connectivity index (χ2v) is 9.11. The number of nitrogens with zero attached hydrogens (tertiary/aromatic N) is 1. The van der Waals surface area contributed by atoms with E-state index in [1.807, 2.05) is 18.4 Å². The van der Waals surface area contributed by atoms with Crippen molar-refractivity contribution in [3.05, 3.63) is 136 Å². The molecule has 1 aromatic heterocycles. The van der Waals surface area contributed by atoms with E-state index in [0.717, 1.165) is 16.7 Å². The lowest BCUT2D eigenvalue weighted by atomic mass is 9.65. The van der Waals surface area contributed by atoms with E-state index in [4.69, 9.17) is 9.41 Å². The summed E-state index contributed by atoms with van der Waals surface area (Å²) < 4.78 is 6.39. The molecule has 0 saturated carbocycles. The van der Waals surface area contributed by atoms with Crippen LogP contribution in [-0.2, 0) is 0 Å². The molecule has 2 unspecified atom stereocenters. The monoisotopic (exact) mass is 421 g/mol. The van der Waals surface area contributed by atoms with Gasteiger partial charge in [0, 0.05) is 28.5 Å². The number of hydrogen-bond donors (Lipinski definition) is 0. The second kappa shape index (κ2) is 6.20. The maximum Gasteiger partial charge on any atom is 0.143 e. The van der Waals surface area contributed by atoms with Crippen LogP contribution in [0.15, 0.2) is 140 Å². The fourth-order valence-electron chi connectivity index (χ4n) is 6.01. The Morgan fingerprint density at radius 3 is 2.73 bits per heavy atom. The van der Waals surface area contributed by atoms with Crippen LogP contribution in [0.2, 0.25) is 0 Å². The maximum atomic E-state index is 6.39. The van der Waals surface area contributed by atoms with Crippen LogP contribution in [0.5, 0.6) is 0 Å². The van der Waals surface area contributed by atoms with Gasteiger partial charge in [-0.15, -0.1) is 0 Å². The standard InChI is InChI=1S/C31H19NO/c1-2-9-27-22(6-1)25-8-3-7-24(31(25)33-27)21-13-10-18-11-15-26-29-19(12-14-23(21)28(18)29)17-20-5-4-16-32-30(20)26/h1-17,28,30H. The van der Waals surface area contributed by atoms with Gasteiger partial charge in [0.1, 0.15) is 17.2 Å². The average Bonchev–Trinajstić information content (AvgIpc) is 3.26. The first-order valence-electron chi connectivity index (χ1n) is 11.5. The van der Waals surface area contributed by atoms with Crippen LogP contribution in [0.3, 0.4) is 0 Å². The molecule has 0 bridgehead atoms. The summed E-state index contributed by atoms with van der Waals surface area (Å²) in [5.41, 5.74) is 12.3. The molecule has 1 aliphatic heterocycles. The van der Waals surface area contributed by atoms with Gasteiger partial charge in [-0.05, 0) is 57.2 Å². The average molecular weight is 421 g/mol. The Kier molecular flexibility index (Phi) is 3.27. The molecular weight excluding hydrogens is 402 g/mol. The Bertz CT molecular complexity index is 1700. The van der Waals surface area contributed by atoms with Crippen LogP contribution in [0.25, 0.3) is 27.5 Å². The van der Waals surface area contributed by atoms with E-state index in [1.54, 1.807) is 0 Å². The molecule has 0 spiro atoms. The first-order chi connectivity index (χ1) is 16.4. The van der Waals surface area contributed by atoms with Gasteiger partial charge < -0.3 is 4.42 Å². The van der Waals surface area contributed by atoms with Gasteiger partial charge in [-0.3, -0.25) is 4.99 Å². The lowest BCUT2D eigenvalue weighted by molar-refractivity contribution is 0.667. The van der Waals surface area contributed by atoms with Crippen molar-refractivity contribution in [3.63, 3.8) is 0 Å². The Hall–Kier alpha value is -4.17. The summed E-state index contributed by atoms with van der Waals surface area (Å²) >= 11 is 0. The molecule has 0 fully saturated rings. The summed E-state index contributed by atoms with van der Waals surface area (Å²) in [6, 6.07) is 14.9. The molecule has 2 heterocycles. The van der Waals surface area contributed by atoms with E-state index < -0.39 is 0 Å². The largest absolute Gasteiger partial charge is 0.455 e. The molecule has 2 nitrogen and oxygen atoms in total. The Morgan fingerprint density at radius 2 is 1.73 bits per heavy atom. The van der Waals surface area contributed by atoms with Crippen LogP contribution >= 0.6 is 0 Å². The highest BCUT2D eigenvalue weighted by molar-refractivity contribution is 6.09. The zero-order chi connectivity index (χ0) is 21.5. The first kappa shape index (κ1) is 17.4. The molecule has 0 saturated heterocycles. The van der Waals surface area contributed by atoms with Crippen molar-refractivity contribution in [1.82, 2.24) is 0 Å². The lowest BCUT2D eigenvalue weighted by Gasteiger charge is -2.39. The van der Waals surface area contributed by atoms with E-state index >= 15 is 0 Å². The SMILES string of the molecule is C1=CC2=CC3=C4C(=CC=C5C=CC(c6cccc7c6oc6ccccc67)=C(C=C3)C54)C2N=C1. The van der Waals surface area contributed by atoms with Gasteiger partial charge in [0.05, 0.1) is 0 Å². The summed E-state index contributed by atoms with van der Waals surface area (Å²) in [7, 11) is 0. The van der Waals surface area contributed by atoms with Crippen LogP contribution in [0, 0.1) is 5.92 Å². The zero-order valence-electron chi connectivity index (χ0n) is 17.8. The van der Waals surface area contributed by atoms with E-state index in [-0.39, 0.29) is 12.0 Å². The number of benzene rings is 2. The molecule has 4 aliphatic carbocycles. The van der Waals surface area contributed by atoms with Crippen molar-refractivity contribution >= 4 is 33.7 Å². The van der Waals surface area contributed by atoms with Gasteiger partial charge in [-0.25, -0.2) is 0 Å². The quantitative estimate of drug-likeness (QED) is 0.408. The molecule has 33 heavy (non-hydrogen) atoms. The predicted molar refractivity (Wildman–Crippen MR) is 135 cm³/mol. The molecule has 0 radical (unpaired) electrons. The van der Waals surface area contributed by atoms with Gasteiger partial charge in [0.25, 0.3) is 0 Å². The molecular formula is C31H19NO. The Morgan fingerprint density at radius 1 is 0.788 bits per heavy atom. The van der Waals surface area contributed by atoms with E-state index in [2.05, 4.69) is 85.0 Å². The fourth-order valence-corrected chi connectivity index (χ4v) is 6.01. The number of allylic oxidation sites excluding steroid dienone is 12. The number of fused-ring (bicyclic) bond motifs is 5. The van der Waals surface area contributed by atoms with Gasteiger partial charge in [0.15, 0.2) is 0 Å². The summed E-state index contributed by atoms with van der Waals surface area (Å²) in [5, 5.41) is 2.34. The summed E-state index contributed by atoms with van der Waals surface area (Å²) in [6.45, 7) is 0. The molecule has 5 aliphatic rings. The number of aliphatic imine (C=N–C) groups is 1. The molecule has 2 aromatic carbocycles. The maximum absolute atomic E-state index is 6.39. The first-order valence-corrected chi connectivity index (χ1v) is 11.5. The fraction of sp³-hybridized carbons (Fsp3) is 0.0645. The summed E-state index contributed by atoms with van der Waals surface area (Å²) in [4.78, 5) is 4.81. The third kappa shape index (κ3) is 2.25. The van der Waals surface area contributed by atoms with Crippen LogP contribution in [0.1, 0.15) is 5.56 Å². The summed E-state index contributed by atoms with van der Waals surface area (Å²) in [5.74, 6) is 0.239. The third-order valence-electron chi connectivity index (χ3n) is 7.44. The molecule has 154 valence electrons. The lowest BCUT2D eigenvalue weighted by Crippen LogP contribution is -2.29. The molecule has 8 rings (SSSR count). The molecule has 2 atom stereocenters. The van der Waals surface area contributed by atoms with Crippen molar-refractivity contribution in [2.75, 3.05) is 0 Å². The van der Waals surface area contributed by atoms with Crippen molar-refractivity contribution < 1.29 is 4.42 Å². The van der Waals surface area contributed by atoms with Gasteiger partial charge in [-0.2, -0.15) is 0 Å². The number of para-hydroxylation sites is 2. The number of hydrogen-bond acceptors (Lipinski definition) is 2. The number of furan rings is 1. The molecule has 3 aromatic rings. The van der Waals surface area contributed by atoms with Crippen LogP contribution in [0.4, 0.5) is 0 Å². The number of rotatable bonds is 1. The third-order valence-corrected chi connectivity index (χ3v) is 7.44. The van der Waals surface area contributed by atoms with E-state index in [1.165, 1.54) is 49.8 Å².